The van der Waals surface area contributed by atoms with Gasteiger partial charge in [0.25, 0.3) is 0 Å². The normalized spacial score (nSPS) is 12.6. The molecule has 1 unspecified atom stereocenters. The molecule has 1 atom stereocenters. The average Bonchev–Trinajstić information content (AvgIpc) is 2.76. The first-order valence-corrected chi connectivity index (χ1v) is 6.02. The van der Waals surface area contributed by atoms with E-state index in [0.29, 0.717) is 6.54 Å². The molecule has 0 fully saturated rings. The zero-order chi connectivity index (χ0) is 13.0. The van der Waals surface area contributed by atoms with Crippen molar-refractivity contribution in [3.8, 4) is 0 Å². The highest BCUT2D eigenvalue weighted by atomic mass is 19.1. The number of nitrogens with one attached hydrogen (secondary N) is 1. The van der Waals surface area contributed by atoms with Crippen LogP contribution in [-0.2, 0) is 13.6 Å². The second-order valence-electron chi connectivity index (χ2n) is 4.25. The number of halogens is 1. The Bertz CT molecular complexity index is 509. The molecule has 0 aliphatic rings. The quantitative estimate of drug-likeness (QED) is 0.882. The third-order valence-corrected chi connectivity index (χ3v) is 2.97. The van der Waals surface area contributed by atoms with Crippen molar-refractivity contribution >= 4 is 0 Å². The molecule has 0 aliphatic carbocycles. The van der Waals surface area contributed by atoms with E-state index in [4.69, 9.17) is 0 Å². The first kappa shape index (κ1) is 12.7. The van der Waals surface area contributed by atoms with E-state index in [1.807, 2.05) is 17.7 Å². The van der Waals surface area contributed by atoms with E-state index in [2.05, 4.69) is 22.4 Å². The molecule has 0 spiro atoms. The van der Waals surface area contributed by atoms with E-state index in [9.17, 15) is 4.39 Å². The Morgan fingerprint density at radius 1 is 1.44 bits per heavy atom. The number of hydrogen-bond donors (Lipinski definition) is 1. The second kappa shape index (κ2) is 5.73. The van der Waals surface area contributed by atoms with Crippen molar-refractivity contribution < 1.29 is 4.39 Å². The molecule has 0 amide bonds. The molecule has 4 nitrogen and oxygen atoms in total. The van der Waals surface area contributed by atoms with Crippen LogP contribution in [0.2, 0.25) is 0 Å². The minimum Gasteiger partial charge on any atom is -0.320 e. The molecule has 96 valence electrons. The van der Waals surface area contributed by atoms with Gasteiger partial charge in [0, 0.05) is 13.1 Å². The predicted molar refractivity (Wildman–Crippen MR) is 67.3 cm³/mol. The standard InChI is InChI=1S/C13H17FN4/c1-3-12(10-5-4-6-11(14)7-10)15-8-13-17-16-9-18(13)2/h4-7,9,12,15H,3,8H2,1-2H3. The summed E-state index contributed by atoms with van der Waals surface area (Å²) in [6.45, 7) is 2.69. The summed E-state index contributed by atoms with van der Waals surface area (Å²) in [5.41, 5.74) is 0.958. The highest BCUT2D eigenvalue weighted by molar-refractivity contribution is 5.20. The van der Waals surface area contributed by atoms with Gasteiger partial charge in [-0.25, -0.2) is 4.39 Å². The molecular formula is C13H17FN4. The van der Waals surface area contributed by atoms with Gasteiger partial charge in [-0.05, 0) is 24.1 Å². The lowest BCUT2D eigenvalue weighted by Crippen LogP contribution is -2.22. The van der Waals surface area contributed by atoms with Crippen LogP contribution in [0.1, 0.15) is 30.8 Å². The van der Waals surface area contributed by atoms with Gasteiger partial charge in [-0.2, -0.15) is 0 Å². The Labute approximate surface area is 106 Å². The average molecular weight is 248 g/mol. The van der Waals surface area contributed by atoms with Gasteiger partial charge in [0.1, 0.15) is 18.0 Å². The molecule has 1 aromatic carbocycles. The number of aromatic nitrogens is 3. The fourth-order valence-corrected chi connectivity index (χ4v) is 1.90. The number of nitrogens with zero attached hydrogens (tertiary/aromatic N) is 3. The van der Waals surface area contributed by atoms with Gasteiger partial charge in [0.05, 0.1) is 6.54 Å². The summed E-state index contributed by atoms with van der Waals surface area (Å²) in [4.78, 5) is 0. The highest BCUT2D eigenvalue weighted by Crippen LogP contribution is 2.17. The van der Waals surface area contributed by atoms with Crippen LogP contribution in [0.25, 0.3) is 0 Å². The molecule has 5 heteroatoms. The molecule has 18 heavy (non-hydrogen) atoms. The Morgan fingerprint density at radius 3 is 2.89 bits per heavy atom. The largest absolute Gasteiger partial charge is 0.320 e. The molecule has 1 heterocycles. The van der Waals surface area contributed by atoms with Gasteiger partial charge >= 0.3 is 0 Å². The Balaban J connectivity index is 2.04. The van der Waals surface area contributed by atoms with Crippen LogP contribution < -0.4 is 5.32 Å². The number of benzene rings is 1. The van der Waals surface area contributed by atoms with Crippen molar-refractivity contribution in [2.45, 2.75) is 25.9 Å². The minimum atomic E-state index is -0.202. The van der Waals surface area contributed by atoms with Crippen molar-refractivity contribution in [1.82, 2.24) is 20.1 Å². The molecule has 0 radical (unpaired) electrons. The van der Waals surface area contributed by atoms with E-state index < -0.39 is 0 Å². The molecule has 0 saturated heterocycles. The predicted octanol–water partition coefficient (Wildman–Crippen LogP) is 2.20. The fourth-order valence-electron chi connectivity index (χ4n) is 1.90. The highest BCUT2D eigenvalue weighted by Gasteiger charge is 2.10. The first-order valence-electron chi connectivity index (χ1n) is 6.02. The summed E-state index contributed by atoms with van der Waals surface area (Å²) in [6, 6.07) is 6.81. The second-order valence-corrected chi connectivity index (χ2v) is 4.25. The molecule has 1 aromatic heterocycles. The third kappa shape index (κ3) is 2.92. The maximum absolute atomic E-state index is 13.2. The van der Waals surface area contributed by atoms with Gasteiger partial charge < -0.3 is 9.88 Å². The minimum absolute atomic E-state index is 0.123. The number of aryl methyl sites for hydroxylation is 1. The van der Waals surface area contributed by atoms with Gasteiger partial charge in [-0.3, -0.25) is 0 Å². The van der Waals surface area contributed by atoms with Gasteiger partial charge in [0.15, 0.2) is 0 Å². The van der Waals surface area contributed by atoms with E-state index in [1.165, 1.54) is 6.07 Å². The maximum Gasteiger partial charge on any atom is 0.146 e. The van der Waals surface area contributed by atoms with Crippen molar-refractivity contribution in [2.75, 3.05) is 0 Å². The molecular weight excluding hydrogens is 231 g/mol. The monoisotopic (exact) mass is 248 g/mol. The fraction of sp³-hybridized carbons (Fsp3) is 0.385. The van der Waals surface area contributed by atoms with E-state index in [-0.39, 0.29) is 11.9 Å². The topological polar surface area (TPSA) is 42.7 Å². The Hall–Kier alpha value is -1.75. The van der Waals surface area contributed by atoms with Gasteiger partial charge in [-0.1, -0.05) is 19.1 Å². The Morgan fingerprint density at radius 2 is 2.28 bits per heavy atom. The summed E-state index contributed by atoms with van der Waals surface area (Å²) in [7, 11) is 1.90. The third-order valence-electron chi connectivity index (χ3n) is 2.97. The van der Waals surface area contributed by atoms with Crippen molar-refractivity contribution in [2.24, 2.45) is 7.05 Å². The van der Waals surface area contributed by atoms with Crippen molar-refractivity contribution in [3.05, 3.63) is 47.8 Å². The van der Waals surface area contributed by atoms with Crippen LogP contribution in [0.5, 0.6) is 0 Å². The lowest BCUT2D eigenvalue weighted by atomic mass is 10.0. The molecule has 2 rings (SSSR count). The Kier molecular flexibility index (Phi) is 4.04. The zero-order valence-electron chi connectivity index (χ0n) is 10.6. The van der Waals surface area contributed by atoms with Gasteiger partial charge in [-0.15, -0.1) is 10.2 Å². The molecule has 0 aliphatic heterocycles. The molecule has 0 bridgehead atoms. The van der Waals surface area contributed by atoms with Crippen LogP contribution in [-0.4, -0.2) is 14.8 Å². The van der Waals surface area contributed by atoms with Crippen molar-refractivity contribution in [1.29, 1.82) is 0 Å². The van der Waals surface area contributed by atoms with Crippen molar-refractivity contribution in [3.63, 3.8) is 0 Å². The van der Waals surface area contributed by atoms with Crippen LogP contribution >= 0.6 is 0 Å². The lowest BCUT2D eigenvalue weighted by Gasteiger charge is -2.17. The number of rotatable bonds is 5. The molecule has 0 saturated carbocycles. The first-order chi connectivity index (χ1) is 8.70. The van der Waals surface area contributed by atoms with Crippen LogP contribution in [0, 0.1) is 5.82 Å². The maximum atomic E-state index is 13.2. The van der Waals surface area contributed by atoms with E-state index >= 15 is 0 Å². The summed E-state index contributed by atoms with van der Waals surface area (Å²) in [5, 5.41) is 11.2. The summed E-state index contributed by atoms with van der Waals surface area (Å²) >= 11 is 0. The summed E-state index contributed by atoms with van der Waals surface area (Å²) in [6.07, 6.45) is 2.56. The van der Waals surface area contributed by atoms with E-state index in [1.54, 1.807) is 18.5 Å². The number of hydrogen-bond acceptors (Lipinski definition) is 3. The smallest absolute Gasteiger partial charge is 0.146 e. The zero-order valence-corrected chi connectivity index (χ0v) is 10.6. The molecule has 2 aromatic rings. The molecule has 1 N–H and O–H groups in total. The van der Waals surface area contributed by atoms with E-state index in [0.717, 1.165) is 17.8 Å². The van der Waals surface area contributed by atoms with Crippen LogP contribution in [0.3, 0.4) is 0 Å². The van der Waals surface area contributed by atoms with Crippen LogP contribution in [0.4, 0.5) is 4.39 Å². The SMILES string of the molecule is CCC(NCc1nncn1C)c1cccc(F)c1. The lowest BCUT2D eigenvalue weighted by molar-refractivity contribution is 0.498. The summed E-state index contributed by atoms with van der Waals surface area (Å²) < 4.78 is 15.1. The summed E-state index contributed by atoms with van der Waals surface area (Å²) in [5.74, 6) is 0.663. The van der Waals surface area contributed by atoms with Gasteiger partial charge in [0.2, 0.25) is 0 Å². The van der Waals surface area contributed by atoms with Crippen LogP contribution in [0.15, 0.2) is 30.6 Å².